The lowest BCUT2D eigenvalue weighted by Gasteiger charge is -2.43. The first kappa shape index (κ1) is 38.4. The third-order valence-electron chi connectivity index (χ3n) is 7.52. The molecule has 3 aromatic rings. The SMILES string of the molecule is CC(=O)O[C@H]1[C@H](OC(C)=O)[C@H](OCCCC(=O)N[C@H](C(=O)OCc2ccccc2)[C@@H](O)Cn2cnc3c(=O)[nH]c(N)nc32)O[C@@H](C)[C@H]1OC(C)=O. The van der Waals surface area contributed by atoms with Crippen molar-refractivity contribution >= 4 is 46.9 Å². The number of aliphatic hydroxyl groups excluding tert-OH is 1. The highest BCUT2D eigenvalue weighted by Gasteiger charge is 2.51. The number of fused-ring (bicyclic) bond motifs is 1. The minimum Gasteiger partial charge on any atom is -0.459 e. The third-order valence-corrected chi connectivity index (χ3v) is 7.52. The highest BCUT2D eigenvalue weighted by atomic mass is 16.7. The van der Waals surface area contributed by atoms with E-state index in [1.54, 1.807) is 37.3 Å². The Morgan fingerprint density at radius 1 is 1.02 bits per heavy atom. The number of aliphatic hydroxyl groups is 1. The molecule has 19 nitrogen and oxygen atoms in total. The van der Waals surface area contributed by atoms with E-state index in [1.807, 2.05) is 0 Å². The summed E-state index contributed by atoms with van der Waals surface area (Å²) < 4.78 is 34.3. The molecule has 1 saturated heterocycles. The molecular weight excluding hydrogens is 676 g/mol. The number of aromatic nitrogens is 4. The second kappa shape index (κ2) is 17.5. The molecule has 3 heterocycles. The molecule has 0 unspecified atom stereocenters. The van der Waals surface area contributed by atoms with Crippen molar-refractivity contribution in [3.8, 4) is 0 Å². The monoisotopic (exact) mass is 716 g/mol. The molecule has 5 N–H and O–H groups in total. The lowest BCUT2D eigenvalue weighted by Crippen LogP contribution is -2.61. The van der Waals surface area contributed by atoms with Gasteiger partial charge in [0, 0.05) is 27.2 Å². The number of esters is 4. The zero-order valence-corrected chi connectivity index (χ0v) is 28.3. The standard InChI is InChI=1S/C32H40N6O13/c1-16-25(49-17(2)39)26(50-18(3)40)27(51-19(4)41)31(48-16)46-12-8-11-22(43)35-23(30(45)47-14-20-9-6-5-7-10-20)21(42)13-38-15-34-24-28(38)36-32(33)37-29(24)44/h5-7,9-10,15-16,21,23,25-27,31,42H,8,11-14H2,1-4H3,(H,35,43)(H3,33,36,37,44)/t16-,21-,23-,25+,26+,27-,31+/m0/s1. The maximum atomic E-state index is 13.2. The van der Waals surface area contributed by atoms with Gasteiger partial charge >= 0.3 is 23.9 Å². The molecule has 0 spiro atoms. The Morgan fingerprint density at radius 2 is 1.67 bits per heavy atom. The molecule has 19 heteroatoms. The Labute approximate surface area is 290 Å². The van der Waals surface area contributed by atoms with Crippen molar-refractivity contribution in [1.29, 1.82) is 0 Å². The summed E-state index contributed by atoms with van der Waals surface area (Å²) in [6.07, 6.45) is -6.30. The van der Waals surface area contributed by atoms with Crippen molar-refractivity contribution in [1.82, 2.24) is 24.8 Å². The summed E-state index contributed by atoms with van der Waals surface area (Å²) in [4.78, 5) is 84.4. The highest BCUT2D eigenvalue weighted by molar-refractivity contribution is 5.85. The van der Waals surface area contributed by atoms with Crippen LogP contribution in [0.25, 0.3) is 11.2 Å². The predicted octanol–water partition coefficient (Wildman–Crippen LogP) is -0.372. The molecule has 51 heavy (non-hydrogen) atoms. The van der Waals surface area contributed by atoms with Gasteiger partial charge in [-0.2, -0.15) is 4.98 Å². The molecule has 0 saturated carbocycles. The number of benzene rings is 1. The van der Waals surface area contributed by atoms with Crippen molar-refractivity contribution in [2.45, 2.75) is 96.5 Å². The number of imidazole rings is 1. The van der Waals surface area contributed by atoms with Crippen molar-refractivity contribution < 1.29 is 57.5 Å². The van der Waals surface area contributed by atoms with Gasteiger partial charge in [0.1, 0.15) is 12.7 Å². The van der Waals surface area contributed by atoms with Crippen LogP contribution in [0.3, 0.4) is 0 Å². The summed E-state index contributed by atoms with van der Waals surface area (Å²) in [5.74, 6) is -3.93. The first-order chi connectivity index (χ1) is 24.2. The summed E-state index contributed by atoms with van der Waals surface area (Å²) in [7, 11) is 0. The number of aromatic amines is 1. The smallest absolute Gasteiger partial charge is 0.331 e. The average Bonchev–Trinajstić information content (AvgIpc) is 3.46. The van der Waals surface area contributed by atoms with E-state index in [0.29, 0.717) is 5.56 Å². The number of carbonyl (C=O) groups excluding carboxylic acids is 5. The van der Waals surface area contributed by atoms with Gasteiger partial charge in [0.25, 0.3) is 5.56 Å². The third kappa shape index (κ3) is 10.5. The molecule has 0 aliphatic carbocycles. The van der Waals surface area contributed by atoms with Gasteiger partial charge in [0.2, 0.25) is 11.9 Å². The number of ether oxygens (including phenoxy) is 6. The van der Waals surface area contributed by atoms with Gasteiger partial charge < -0.3 is 49.1 Å². The van der Waals surface area contributed by atoms with Gasteiger partial charge in [-0.1, -0.05) is 30.3 Å². The van der Waals surface area contributed by atoms with Crippen molar-refractivity contribution in [2.24, 2.45) is 0 Å². The van der Waals surface area contributed by atoms with E-state index in [2.05, 4.69) is 20.3 Å². The molecular formula is C32H40N6O13. The van der Waals surface area contributed by atoms with Gasteiger partial charge in [-0.25, -0.2) is 9.78 Å². The van der Waals surface area contributed by atoms with Crippen molar-refractivity contribution in [3.63, 3.8) is 0 Å². The highest BCUT2D eigenvalue weighted by Crippen LogP contribution is 2.29. The van der Waals surface area contributed by atoms with Crippen LogP contribution in [0.5, 0.6) is 0 Å². The summed E-state index contributed by atoms with van der Waals surface area (Å²) in [5, 5.41) is 13.7. The summed E-state index contributed by atoms with van der Waals surface area (Å²) in [5.41, 5.74) is 5.74. The Balaban J connectivity index is 1.42. The van der Waals surface area contributed by atoms with Crippen LogP contribution >= 0.6 is 0 Å². The number of anilines is 1. The number of amides is 1. The molecule has 4 rings (SSSR count). The van der Waals surface area contributed by atoms with Gasteiger partial charge in [-0.15, -0.1) is 0 Å². The van der Waals surface area contributed by atoms with Crippen LogP contribution in [0.1, 0.15) is 46.1 Å². The van der Waals surface area contributed by atoms with Gasteiger partial charge in [-0.05, 0) is 18.9 Å². The Kier molecular flexibility index (Phi) is 13.2. The van der Waals surface area contributed by atoms with Crippen LogP contribution in [0.2, 0.25) is 0 Å². The normalized spacial score (nSPS) is 21.2. The van der Waals surface area contributed by atoms with Gasteiger partial charge in [0.15, 0.2) is 41.8 Å². The Bertz CT molecular complexity index is 1760. The molecule has 2 aromatic heterocycles. The molecule has 0 bridgehead atoms. The van der Waals surface area contributed by atoms with Crippen LogP contribution < -0.4 is 16.6 Å². The fourth-order valence-electron chi connectivity index (χ4n) is 5.32. The number of hydrogen-bond donors (Lipinski definition) is 4. The molecule has 1 fully saturated rings. The molecule has 0 radical (unpaired) electrons. The van der Waals surface area contributed by atoms with E-state index in [0.717, 1.165) is 20.8 Å². The number of carbonyl (C=O) groups is 5. The number of nitrogen functional groups attached to an aromatic ring is 1. The van der Waals surface area contributed by atoms with E-state index >= 15 is 0 Å². The quantitative estimate of drug-likeness (QED) is 0.0888. The lowest BCUT2D eigenvalue weighted by molar-refractivity contribution is -0.300. The van der Waals surface area contributed by atoms with Gasteiger partial charge in [0.05, 0.1) is 25.6 Å². The minimum absolute atomic E-state index is 0.0444. The zero-order chi connectivity index (χ0) is 37.2. The van der Waals surface area contributed by atoms with E-state index in [-0.39, 0.29) is 49.7 Å². The molecule has 1 aromatic carbocycles. The summed E-state index contributed by atoms with van der Waals surface area (Å²) >= 11 is 0. The van der Waals surface area contributed by atoms with E-state index in [9.17, 15) is 33.9 Å². The second-order valence-corrected chi connectivity index (χ2v) is 11.6. The van der Waals surface area contributed by atoms with Crippen molar-refractivity contribution in [3.05, 3.63) is 52.6 Å². The number of nitrogens with zero attached hydrogens (tertiary/aromatic N) is 3. The van der Waals surface area contributed by atoms with E-state index in [4.69, 9.17) is 34.2 Å². The van der Waals surface area contributed by atoms with Crippen LogP contribution in [-0.4, -0.2) is 104 Å². The molecule has 1 aliphatic rings. The molecule has 7 atom stereocenters. The number of rotatable bonds is 15. The largest absolute Gasteiger partial charge is 0.459 e. The summed E-state index contributed by atoms with van der Waals surface area (Å²) in [6.45, 7) is 4.38. The van der Waals surface area contributed by atoms with Gasteiger partial charge in [-0.3, -0.25) is 29.0 Å². The second-order valence-electron chi connectivity index (χ2n) is 11.6. The summed E-state index contributed by atoms with van der Waals surface area (Å²) in [6, 6.07) is 7.21. The molecule has 1 amide bonds. The Hall–Kier alpha value is -5.40. The van der Waals surface area contributed by atoms with Crippen LogP contribution in [0.4, 0.5) is 5.95 Å². The topological polar surface area (TPSA) is 263 Å². The molecule has 1 aliphatic heterocycles. The van der Waals surface area contributed by atoms with Crippen LogP contribution in [0, 0.1) is 0 Å². The first-order valence-corrected chi connectivity index (χ1v) is 15.9. The maximum Gasteiger partial charge on any atom is 0.331 e. The number of nitrogens with two attached hydrogens (primary N) is 1. The van der Waals surface area contributed by atoms with Crippen LogP contribution in [-0.2, 0) is 65.5 Å². The molecule has 276 valence electrons. The minimum atomic E-state index is -1.57. The number of H-pyrrole nitrogens is 1. The predicted molar refractivity (Wildman–Crippen MR) is 173 cm³/mol. The van der Waals surface area contributed by atoms with E-state index < -0.39 is 78.2 Å². The fraction of sp³-hybridized carbons (Fsp3) is 0.500. The van der Waals surface area contributed by atoms with Crippen LogP contribution in [0.15, 0.2) is 41.5 Å². The zero-order valence-electron chi connectivity index (χ0n) is 28.3. The Morgan fingerprint density at radius 3 is 2.33 bits per heavy atom. The number of hydrogen-bond acceptors (Lipinski definition) is 16. The first-order valence-electron chi connectivity index (χ1n) is 15.9. The number of nitrogens with one attached hydrogen (secondary N) is 2. The maximum absolute atomic E-state index is 13.2. The fourth-order valence-corrected chi connectivity index (χ4v) is 5.32. The average molecular weight is 717 g/mol. The van der Waals surface area contributed by atoms with E-state index in [1.165, 1.54) is 10.9 Å². The lowest BCUT2D eigenvalue weighted by atomic mass is 9.99. The van der Waals surface area contributed by atoms with Crippen molar-refractivity contribution in [2.75, 3.05) is 12.3 Å².